The Morgan fingerprint density at radius 2 is 2.08 bits per heavy atom. The normalized spacial score (nSPS) is 11.0. The fourth-order valence-corrected chi connectivity index (χ4v) is 2.84. The summed E-state index contributed by atoms with van der Waals surface area (Å²) in [6.07, 6.45) is 3.37. The van der Waals surface area contributed by atoms with Crippen molar-refractivity contribution >= 4 is 44.9 Å². The van der Waals surface area contributed by atoms with Gasteiger partial charge < -0.3 is 10.3 Å². The van der Waals surface area contributed by atoms with Crippen molar-refractivity contribution in [2.75, 3.05) is 6.54 Å². The summed E-state index contributed by atoms with van der Waals surface area (Å²) in [4.78, 5) is 27.0. The minimum Gasteiger partial charge on any atom is -0.361 e. The van der Waals surface area contributed by atoms with E-state index in [9.17, 15) is 9.59 Å². The quantitative estimate of drug-likeness (QED) is 0.444. The largest absolute Gasteiger partial charge is 0.361 e. The van der Waals surface area contributed by atoms with Crippen molar-refractivity contribution < 1.29 is 9.59 Å². The number of carbonyl (C=O) groups is 2. The van der Waals surface area contributed by atoms with Crippen molar-refractivity contribution in [1.82, 2.24) is 15.7 Å². The number of nitrogens with zero attached hydrogens (tertiary/aromatic N) is 1. The number of H-pyrrole nitrogens is 1. The van der Waals surface area contributed by atoms with Crippen LogP contribution in [0.3, 0.4) is 0 Å². The molecule has 0 atom stereocenters. The summed E-state index contributed by atoms with van der Waals surface area (Å²) in [5, 5.41) is 7.51. The Labute approximate surface area is 158 Å². The molecule has 0 aliphatic rings. The van der Waals surface area contributed by atoms with Crippen molar-refractivity contribution in [3.8, 4) is 0 Å². The van der Waals surface area contributed by atoms with Crippen LogP contribution in [0.4, 0.5) is 0 Å². The summed E-state index contributed by atoms with van der Waals surface area (Å²) in [6.45, 7) is 1.75. The molecule has 1 heterocycles. The van der Waals surface area contributed by atoms with Gasteiger partial charge in [0, 0.05) is 32.7 Å². The van der Waals surface area contributed by atoms with E-state index in [0.29, 0.717) is 5.56 Å². The zero-order chi connectivity index (χ0) is 18.5. The van der Waals surface area contributed by atoms with E-state index in [1.54, 1.807) is 24.4 Å². The van der Waals surface area contributed by atoms with Gasteiger partial charge in [0.1, 0.15) is 0 Å². The van der Waals surface area contributed by atoms with Gasteiger partial charge in [0.2, 0.25) is 0 Å². The highest BCUT2D eigenvalue weighted by atomic mass is 79.9. The first-order valence-electron chi connectivity index (χ1n) is 7.96. The number of carbonyl (C=O) groups excluding carboxylic acids is 2. The number of halogens is 1. The lowest BCUT2D eigenvalue weighted by molar-refractivity contribution is -0.120. The summed E-state index contributed by atoms with van der Waals surface area (Å²) < 4.78 is 0.960. The molecule has 0 unspecified atom stereocenters. The predicted molar refractivity (Wildman–Crippen MR) is 105 cm³/mol. The van der Waals surface area contributed by atoms with Gasteiger partial charge >= 0.3 is 0 Å². The molecule has 26 heavy (non-hydrogen) atoms. The molecule has 1 aromatic heterocycles. The maximum atomic E-state index is 12.0. The van der Waals surface area contributed by atoms with Crippen molar-refractivity contribution in [3.05, 3.63) is 69.8 Å². The number of amides is 2. The molecule has 0 aliphatic carbocycles. The van der Waals surface area contributed by atoms with Crippen LogP contribution in [0.1, 0.15) is 21.5 Å². The lowest BCUT2D eigenvalue weighted by atomic mass is 10.1. The number of aromatic amines is 1. The molecule has 132 valence electrons. The molecule has 6 nitrogen and oxygen atoms in total. The van der Waals surface area contributed by atoms with E-state index in [2.05, 4.69) is 36.8 Å². The first-order chi connectivity index (χ1) is 12.5. The lowest BCUT2D eigenvalue weighted by Crippen LogP contribution is -2.34. The molecular weight excluding hydrogens is 396 g/mol. The van der Waals surface area contributed by atoms with Crippen molar-refractivity contribution in [1.29, 1.82) is 0 Å². The molecule has 0 bridgehead atoms. The van der Waals surface area contributed by atoms with Crippen molar-refractivity contribution in [3.63, 3.8) is 0 Å². The number of aryl methyl sites for hydroxylation is 1. The summed E-state index contributed by atoms with van der Waals surface area (Å²) in [5.41, 5.74) is 5.74. The second-order valence-electron chi connectivity index (χ2n) is 5.78. The molecule has 3 rings (SSSR count). The van der Waals surface area contributed by atoms with Crippen LogP contribution in [0.25, 0.3) is 10.9 Å². The number of aromatic nitrogens is 1. The molecule has 0 saturated heterocycles. The van der Waals surface area contributed by atoms with Crippen LogP contribution in [-0.2, 0) is 4.79 Å². The third-order valence-electron chi connectivity index (χ3n) is 3.76. The highest BCUT2D eigenvalue weighted by Crippen LogP contribution is 2.21. The molecular formula is C19H17BrN4O2. The van der Waals surface area contributed by atoms with Crippen LogP contribution in [-0.4, -0.2) is 29.6 Å². The van der Waals surface area contributed by atoms with E-state index < -0.39 is 5.91 Å². The SMILES string of the molecule is Cc1cccc(C(=O)NCC(=O)N/N=C\c2c[nH]c3ccc(Br)cc23)c1. The van der Waals surface area contributed by atoms with Crippen LogP contribution in [0.2, 0.25) is 0 Å². The molecule has 2 aromatic carbocycles. The number of benzene rings is 2. The lowest BCUT2D eigenvalue weighted by Gasteiger charge is -2.04. The monoisotopic (exact) mass is 412 g/mol. The van der Waals surface area contributed by atoms with Gasteiger partial charge in [-0.1, -0.05) is 33.6 Å². The molecule has 0 aliphatic heterocycles. The molecule has 2 amide bonds. The molecule has 0 radical (unpaired) electrons. The summed E-state index contributed by atoms with van der Waals surface area (Å²) >= 11 is 3.43. The van der Waals surface area contributed by atoms with E-state index >= 15 is 0 Å². The highest BCUT2D eigenvalue weighted by molar-refractivity contribution is 9.10. The summed E-state index contributed by atoms with van der Waals surface area (Å²) in [5.74, 6) is -0.697. The minimum absolute atomic E-state index is 0.149. The van der Waals surface area contributed by atoms with Gasteiger partial charge in [-0.2, -0.15) is 5.10 Å². The van der Waals surface area contributed by atoms with Crippen LogP contribution < -0.4 is 10.7 Å². The Kier molecular flexibility index (Phi) is 5.48. The Hall–Kier alpha value is -2.93. The van der Waals surface area contributed by atoms with Crippen molar-refractivity contribution in [2.45, 2.75) is 6.92 Å². The molecule has 7 heteroatoms. The molecule has 0 saturated carbocycles. The average Bonchev–Trinajstić information content (AvgIpc) is 3.02. The Balaban J connectivity index is 1.54. The first-order valence-corrected chi connectivity index (χ1v) is 8.75. The van der Waals surface area contributed by atoms with Crippen LogP contribution in [0.5, 0.6) is 0 Å². The zero-order valence-corrected chi connectivity index (χ0v) is 15.6. The summed E-state index contributed by atoms with van der Waals surface area (Å²) in [6, 6.07) is 13.0. The van der Waals surface area contributed by atoms with Crippen molar-refractivity contribution in [2.24, 2.45) is 5.10 Å². The number of hydrogen-bond acceptors (Lipinski definition) is 3. The Morgan fingerprint density at radius 3 is 2.88 bits per heavy atom. The van der Waals surface area contributed by atoms with E-state index in [1.165, 1.54) is 0 Å². The maximum Gasteiger partial charge on any atom is 0.259 e. The number of hydrogen-bond donors (Lipinski definition) is 3. The number of rotatable bonds is 5. The van der Waals surface area contributed by atoms with E-state index in [1.807, 2.05) is 37.4 Å². The number of hydrazone groups is 1. The second-order valence-corrected chi connectivity index (χ2v) is 6.69. The van der Waals surface area contributed by atoms with Crippen LogP contribution >= 0.6 is 15.9 Å². The first kappa shape index (κ1) is 17.9. The average molecular weight is 413 g/mol. The van der Waals surface area contributed by atoms with Gasteiger partial charge in [0.15, 0.2) is 0 Å². The van der Waals surface area contributed by atoms with Crippen LogP contribution in [0, 0.1) is 6.92 Å². The standard InChI is InChI=1S/C19H17BrN4O2/c1-12-3-2-4-13(7-12)19(26)22-11-18(25)24-23-10-14-9-21-17-6-5-15(20)8-16(14)17/h2-10,21H,11H2,1H3,(H,22,26)(H,24,25)/b23-10-. The third kappa shape index (κ3) is 4.37. The zero-order valence-electron chi connectivity index (χ0n) is 14.0. The number of fused-ring (bicyclic) bond motifs is 1. The topological polar surface area (TPSA) is 86.3 Å². The third-order valence-corrected chi connectivity index (χ3v) is 4.25. The maximum absolute atomic E-state index is 12.0. The van der Waals surface area contributed by atoms with Gasteiger partial charge in [-0.15, -0.1) is 0 Å². The second kappa shape index (κ2) is 7.97. The smallest absolute Gasteiger partial charge is 0.259 e. The van der Waals surface area contributed by atoms with E-state index in [4.69, 9.17) is 0 Å². The van der Waals surface area contributed by atoms with E-state index in [-0.39, 0.29) is 12.5 Å². The Morgan fingerprint density at radius 1 is 1.23 bits per heavy atom. The van der Waals surface area contributed by atoms with Gasteiger partial charge in [0.25, 0.3) is 11.8 Å². The molecule has 3 N–H and O–H groups in total. The van der Waals surface area contributed by atoms with Gasteiger partial charge in [0.05, 0.1) is 12.8 Å². The molecule has 3 aromatic rings. The van der Waals surface area contributed by atoms with E-state index in [0.717, 1.165) is 26.5 Å². The summed E-state index contributed by atoms with van der Waals surface area (Å²) in [7, 11) is 0. The predicted octanol–water partition coefficient (Wildman–Crippen LogP) is 3.12. The van der Waals surface area contributed by atoms with Gasteiger partial charge in [-0.25, -0.2) is 5.43 Å². The van der Waals surface area contributed by atoms with Crippen LogP contribution in [0.15, 0.2) is 58.2 Å². The minimum atomic E-state index is -0.400. The number of nitrogens with one attached hydrogen (secondary N) is 3. The fourth-order valence-electron chi connectivity index (χ4n) is 2.48. The Bertz CT molecular complexity index is 994. The van der Waals surface area contributed by atoms with Gasteiger partial charge in [-0.3, -0.25) is 9.59 Å². The molecule has 0 spiro atoms. The fraction of sp³-hybridized carbons (Fsp3) is 0.105. The van der Waals surface area contributed by atoms with Gasteiger partial charge in [-0.05, 0) is 37.3 Å². The highest BCUT2D eigenvalue weighted by Gasteiger charge is 2.07. The molecule has 0 fully saturated rings.